The lowest BCUT2D eigenvalue weighted by molar-refractivity contribution is -0.126. The molecule has 1 aliphatic carbocycles. The van der Waals surface area contributed by atoms with Crippen LogP contribution in [0.2, 0.25) is 0 Å². The Bertz CT molecular complexity index is 381. The SMILES string of the molecule is CCS(=O)(=O)CC(C)NC(=O)[C@@H]1CCC[C@@H]1CN. The fraction of sp³-hybridized carbons (Fsp3) is 0.917. The van der Waals surface area contributed by atoms with Crippen molar-refractivity contribution in [3.63, 3.8) is 0 Å². The first-order valence-corrected chi connectivity index (χ1v) is 8.42. The number of carbonyl (C=O) groups excluding carboxylic acids is 1. The molecule has 0 heterocycles. The zero-order chi connectivity index (χ0) is 13.8. The highest BCUT2D eigenvalue weighted by Gasteiger charge is 2.32. The van der Waals surface area contributed by atoms with E-state index in [0.29, 0.717) is 6.54 Å². The highest BCUT2D eigenvalue weighted by molar-refractivity contribution is 7.91. The number of amides is 1. The van der Waals surface area contributed by atoms with Gasteiger partial charge < -0.3 is 11.1 Å². The number of carbonyl (C=O) groups is 1. The van der Waals surface area contributed by atoms with Gasteiger partial charge in [-0.25, -0.2) is 8.42 Å². The van der Waals surface area contributed by atoms with Crippen molar-refractivity contribution in [1.82, 2.24) is 5.32 Å². The summed E-state index contributed by atoms with van der Waals surface area (Å²) in [6.07, 6.45) is 2.89. The maximum Gasteiger partial charge on any atom is 0.223 e. The van der Waals surface area contributed by atoms with Gasteiger partial charge in [-0.2, -0.15) is 0 Å². The lowest BCUT2D eigenvalue weighted by Crippen LogP contribution is -2.42. The van der Waals surface area contributed by atoms with Crippen molar-refractivity contribution in [1.29, 1.82) is 0 Å². The topological polar surface area (TPSA) is 89.3 Å². The van der Waals surface area contributed by atoms with Gasteiger partial charge in [-0.15, -0.1) is 0 Å². The van der Waals surface area contributed by atoms with Crippen LogP contribution < -0.4 is 11.1 Å². The number of sulfone groups is 1. The number of nitrogens with one attached hydrogen (secondary N) is 1. The van der Waals surface area contributed by atoms with Crippen LogP contribution in [0.25, 0.3) is 0 Å². The summed E-state index contributed by atoms with van der Waals surface area (Å²) in [4.78, 5) is 12.0. The Morgan fingerprint density at radius 1 is 1.44 bits per heavy atom. The van der Waals surface area contributed by atoms with Crippen LogP contribution >= 0.6 is 0 Å². The van der Waals surface area contributed by atoms with Crippen molar-refractivity contribution in [2.24, 2.45) is 17.6 Å². The average molecular weight is 276 g/mol. The van der Waals surface area contributed by atoms with E-state index < -0.39 is 9.84 Å². The molecule has 1 rings (SSSR count). The molecule has 3 atom stereocenters. The largest absolute Gasteiger partial charge is 0.352 e. The molecule has 1 fully saturated rings. The first kappa shape index (κ1) is 15.4. The molecule has 0 saturated heterocycles. The summed E-state index contributed by atoms with van der Waals surface area (Å²) in [6.45, 7) is 3.88. The Balaban J connectivity index is 2.49. The molecule has 106 valence electrons. The summed E-state index contributed by atoms with van der Waals surface area (Å²) in [5.74, 6) is 0.292. The number of hydrogen-bond acceptors (Lipinski definition) is 4. The van der Waals surface area contributed by atoms with E-state index in [1.165, 1.54) is 0 Å². The van der Waals surface area contributed by atoms with Gasteiger partial charge in [0, 0.05) is 17.7 Å². The number of rotatable bonds is 6. The third kappa shape index (κ3) is 4.24. The molecule has 1 amide bonds. The van der Waals surface area contributed by atoms with Gasteiger partial charge in [-0.1, -0.05) is 13.3 Å². The second-order valence-corrected chi connectivity index (χ2v) is 7.54. The molecule has 1 aliphatic rings. The summed E-state index contributed by atoms with van der Waals surface area (Å²) >= 11 is 0. The summed E-state index contributed by atoms with van der Waals surface area (Å²) in [5, 5.41) is 2.80. The van der Waals surface area contributed by atoms with Gasteiger partial charge >= 0.3 is 0 Å². The van der Waals surface area contributed by atoms with Crippen molar-refractivity contribution in [3.05, 3.63) is 0 Å². The molecule has 0 aromatic rings. The first-order chi connectivity index (χ1) is 8.39. The van der Waals surface area contributed by atoms with Crippen LogP contribution in [0.3, 0.4) is 0 Å². The molecule has 5 nitrogen and oxygen atoms in total. The molecule has 0 radical (unpaired) electrons. The van der Waals surface area contributed by atoms with Crippen LogP contribution in [0.1, 0.15) is 33.1 Å². The predicted octanol–water partition coefficient (Wildman–Crippen LogP) is 0.301. The summed E-state index contributed by atoms with van der Waals surface area (Å²) < 4.78 is 22.9. The van der Waals surface area contributed by atoms with Gasteiger partial charge in [0.25, 0.3) is 0 Å². The molecule has 3 N–H and O–H groups in total. The molecule has 0 aliphatic heterocycles. The van der Waals surface area contributed by atoms with Crippen molar-refractivity contribution in [3.8, 4) is 0 Å². The zero-order valence-electron chi connectivity index (χ0n) is 11.2. The van der Waals surface area contributed by atoms with Crippen LogP contribution in [0, 0.1) is 11.8 Å². The van der Waals surface area contributed by atoms with Gasteiger partial charge in [-0.05, 0) is 32.2 Å². The van der Waals surface area contributed by atoms with E-state index in [0.717, 1.165) is 19.3 Å². The van der Waals surface area contributed by atoms with Crippen molar-refractivity contribution < 1.29 is 13.2 Å². The van der Waals surface area contributed by atoms with E-state index >= 15 is 0 Å². The molecule has 0 aromatic heterocycles. The molecular weight excluding hydrogens is 252 g/mol. The predicted molar refractivity (Wildman–Crippen MR) is 71.8 cm³/mol. The molecule has 0 bridgehead atoms. The van der Waals surface area contributed by atoms with Crippen LogP contribution in [0.15, 0.2) is 0 Å². The Kier molecular flexibility index (Phi) is 5.59. The van der Waals surface area contributed by atoms with E-state index in [4.69, 9.17) is 5.73 Å². The minimum atomic E-state index is -3.05. The van der Waals surface area contributed by atoms with Crippen molar-refractivity contribution >= 4 is 15.7 Å². The van der Waals surface area contributed by atoms with Crippen LogP contribution in [0.4, 0.5) is 0 Å². The molecule has 1 saturated carbocycles. The van der Waals surface area contributed by atoms with E-state index in [1.54, 1.807) is 13.8 Å². The quantitative estimate of drug-likeness (QED) is 0.730. The highest BCUT2D eigenvalue weighted by atomic mass is 32.2. The van der Waals surface area contributed by atoms with E-state index in [-0.39, 0.29) is 35.3 Å². The third-order valence-electron chi connectivity index (χ3n) is 3.63. The first-order valence-electron chi connectivity index (χ1n) is 6.60. The fourth-order valence-electron chi connectivity index (χ4n) is 2.55. The van der Waals surface area contributed by atoms with E-state index in [1.807, 2.05) is 0 Å². The molecule has 0 aromatic carbocycles. The Labute approximate surface area is 109 Å². The summed E-state index contributed by atoms with van der Waals surface area (Å²) in [6, 6.07) is -0.332. The van der Waals surface area contributed by atoms with Gasteiger partial charge in [-0.3, -0.25) is 4.79 Å². The minimum Gasteiger partial charge on any atom is -0.352 e. The summed E-state index contributed by atoms with van der Waals surface area (Å²) in [7, 11) is -3.05. The standard InChI is InChI=1S/C12H24N2O3S/c1-3-18(16,17)8-9(2)14-12(15)11-6-4-5-10(11)7-13/h9-11H,3-8,13H2,1-2H3,(H,14,15)/t9?,10-,11-/m1/s1. The summed E-state index contributed by atoms with van der Waals surface area (Å²) in [5.41, 5.74) is 5.64. The molecule has 0 spiro atoms. The fourth-order valence-corrected chi connectivity index (χ4v) is 3.64. The van der Waals surface area contributed by atoms with E-state index in [9.17, 15) is 13.2 Å². The van der Waals surface area contributed by atoms with Gasteiger partial charge in [0.1, 0.15) is 0 Å². The Morgan fingerprint density at radius 2 is 2.11 bits per heavy atom. The highest BCUT2D eigenvalue weighted by Crippen LogP contribution is 2.30. The van der Waals surface area contributed by atoms with Crippen molar-refractivity contribution in [2.45, 2.75) is 39.2 Å². The lowest BCUT2D eigenvalue weighted by atomic mass is 9.95. The molecular formula is C12H24N2O3S. The monoisotopic (exact) mass is 276 g/mol. The van der Waals surface area contributed by atoms with Crippen molar-refractivity contribution in [2.75, 3.05) is 18.1 Å². The maximum absolute atomic E-state index is 12.0. The number of hydrogen-bond donors (Lipinski definition) is 2. The maximum atomic E-state index is 12.0. The molecule has 18 heavy (non-hydrogen) atoms. The minimum absolute atomic E-state index is 0.00918. The lowest BCUT2D eigenvalue weighted by Gasteiger charge is -2.20. The Hall–Kier alpha value is -0.620. The van der Waals surface area contributed by atoms with Gasteiger partial charge in [0.2, 0.25) is 5.91 Å². The zero-order valence-corrected chi connectivity index (χ0v) is 12.0. The van der Waals surface area contributed by atoms with Crippen LogP contribution in [-0.2, 0) is 14.6 Å². The second kappa shape index (κ2) is 6.52. The van der Waals surface area contributed by atoms with Crippen LogP contribution in [0.5, 0.6) is 0 Å². The number of nitrogens with two attached hydrogens (primary N) is 1. The van der Waals surface area contributed by atoms with Gasteiger partial charge in [0.05, 0.1) is 5.75 Å². The second-order valence-electron chi connectivity index (χ2n) is 5.14. The normalized spacial score (nSPS) is 25.9. The molecule has 6 heteroatoms. The third-order valence-corrected chi connectivity index (χ3v) is 5.52. The Morgan fingerprint density at radius 3 is 2.67 bits per heavy atom. The molecule has 1 unspecified atom stereocenters. The van der Waals surface area contributed by atoms with Crippen LogP contribution in [-0.4, -0.2) is 38.4 Å². The average Bonchev–Trinajstić information content (AvgIpc) is 2.76. The van der Waals surface area contributed by atoms with Gasteiger partial charge in [0.15, 0.2) is 9.84 Å². The smallest absolute Gasteiger partial charge is 0.223 e. The van der Waals surface area contributed by atoms with E-state index in [2.05, 4.69) is 5.32 Å².